The van der Waals surface area contributed by atoms with Crippen molar-refractivity contribution in [3.05, 3.63) is 12.2 Å². The second-order valence-corrected chi connectivity index (χ2v) is 3.24. The van der Waals surface area contributed by atoms with Gasteiger partial charge in [0, 0.05) is 12.1 Å². The van der Waals surface area contributed by atoms with Crippen molar-refractivity contribution in [1.82, 2.24) is 5.32 Å². The van der Waals surface area contributed by atoms with Crippen LogP contribution in [0, 0.1) is 0 Å². The monoisotopic (exact) mass is 247 g/mol. The summed E-state index contributed by atoms with van der Waals surface area (Å²) in [6.45, 7) is 3.95. The highest BCUT2D eigenvalue weighted by Crippen LogP contribution is 1.97. The van der Waals surface area contributed by atoms with Crippen LogP contribution >= 0.6 is 0 Å². The first-order valence-corrected chi connectivity index (χ1v) is 5.00. The number of aliphatic hydroxyl groups is 2. The summed E-state index contributed by atoms with van der Waals surface area (Å²) in [5, 5.41) is 19.6. The van der Waals surface area contributed by atoms with Crippen LogP contribution in [0.5, 0.6) is 0 Å². The summed E-state index contributed by atoms with van der Waals surface area (Å²) in [7, 11) is 0. The maximum Gasteiger partial charge on any atom is 0.407 e. The Morgan fingerprint density at radius 2 is 2.06 bits per heavy atom. The third kappa shape index (κ3) is 7.31. The maximum absolute atomic E-state index is 11.0. The number of ether oxygens (including phenoxy) is 2. The number of carbonyl (C=O) groups is 2. The van der Waals surface area contributed by atoms with Crippen molar-refractivity contribution in [2.45, 2.75) is 13.0 Å². The highest BCUT2D eigenvalue weighted by molar-refractivity contribution is 5.86. The second kappa shape index (κ2) is 8.54. The lowest BCUT2D eigenvalue weighted by atomic mass is 10.3. The molecule has 0 saturated carbocycles. The lowest BCUT2D eigenvalue weighted by molar-refractivity contribution is -0.142. The van der Waals surface area contributed by atoms with Gasteiger partial charge in [-0.3, -0.25) is 0 Å². The SMILES string of the molecule is C=C(C)C(=O)OCC(CO)OC(=O)NCCO. The van der Waals surface area contributed by atoms with E-state index in [0.717, 1.165) is 0 Å². The number of rotatable bonds is 7. The fourth-order valence-corrected chi connectivity index (χ4v) is 0.767. The molecule has 0 aromatic rings. The van der Waals surface area contributed by atoms with Gasteiger partial charge in [0.05, 0.1) is 13.2 Å². The first kappa shape index (κ1) is 15.4. The van der Waals surface area contributed by atoms with E-state index >= 15 is 0 Å². The number of alkyl carbamates (subject to hydrolysis) is 1. The average Bonchev–Trinajstić information content (AvgIpc) is 2.31. The number of nitrogens with one attached hydrogen (secondary N) is 1. The lowest BCUT2D eigenvalue weighted by Gasteiger charge is -2.15. The zero-order valence-corrected chi connectivity index (χ0v) is 9.64. The summed E-state index contributed by atoms with van der Waals surface area (Å²) in [5.41, 5.74) is 0.214. The minimum Gasteiger partial charge on any atom is -0.458 e. The maximum atomic E-state index is 11.0. The zero-order chi connectivity index (χ0) is 13.3. The van der Waals surface area contributed by atoms with Crippen LogP contribution in [-0.4, -0.2) is 54.7 Å². The fraction of sp³-hybridized carbons (Fsp3) is 0.600. The van der Waals surface area contributed by atoms with E-state index in [1.165, 1.54) is 6.92 Å². The van der Waals surface area contributed by atoms with Crippen molar-refractivity contribution in [3.63, 3.8) is 0 Å². The topological polar surface area (TPSA) is 105 Å². The molecule has 7 heteroatoms. The molecular weight excluding hydrogens is 230 g/mol. The van der Waals surface area contributed by atoms with Gasteiger partial charge in [0.2, 0.25) is 0 Å². The Labute approximate surface area is 99.0 Å². The standard InChI is InChI=1S/C10H17NO6/c1-7(2)9(14)16-6-8(5-13)17-10(15)11-3-4-12/h8,12-13H,1,3-6H2,2H3,(H,11,15). The van der Waals surface area contributed by atoms with Crippen LogP contribution in [0.15, 0.2) is 12.2 Å². The quantitative estimate of drug-likeness (QED) is 0.401. The molecule has 0 aliphatic heterocycles. The molecule has 98 valence electrons. The number of hydrogen-bond acceptors (Lipinski definition) is 6. The van der Waals surface area contributed by atoms with E-state index in [1.807, 2.05) is 0 Å². The molecule has 0 fully saturated rings. The van der Waals surface area contributed by atoms with E-state index in [-0.39, 0.29) is 25.3 Å². The Balaban J connectivity index is 3.95. The van der Waals surface area contributed by atoms with E-state index in [9.17, 15) is 9.59 Å². The van der Waals surface area contributed by atoms with E-state index < -0.39 is 24.8 Å². The summed E-state index contributed by atoms with van der Waals surface area (Å²) in [6, 6.07) is 0. The third-order valence-corrected chi connectivity index (χ3v) is 1.61. The molecule has 0 aromatic heterocycles. The van der Waals surface area contributed by atoms with E-state index in [2.05, 4.69) is 11.9 Å². The summed E-state index contributed by atoms with van der Waals surface area (Å²) in [5.74, 6) is -0.622. The second-order valence-electron chi connectivity index (χ2n) is 3.24. The van der Waals surface area contributed by atoms with Gasteiger partial charge in [-0.1, -0.05) is 6.58 Å². The highest BCUT2D eigenvalue weighted by Gasteiger charge is 2.15. The molecule has 1 unspecified atom stereocenters. The average molecular weight is 247 g/mol. The molecule has 7 nitrogen and oxygen atoms in total. The van der Waals surface area contributed by atoms with Crippen LogP contribution in [0.25, 0.3) is 0 Å². The number of esters is 1. The summed E-state index contributed by atoms with van der Waals surface area (Å²) >= 11 is 0. The van der Waals surface area contributed by atoms with Gasteiger partial charge in [-0.25, -0.2) is 9.59 Å². The Kier molecular flexibility index (Phi) is 7.74. The van der Waals surface area contributed by atoms with Gasteiger partial charge < -0.3 is 25.0 Å². The minimum absolute atomic E-state index is 0.0442. The molecule has 0 bridgehead atoms. The van der Waals surface area contributed by atoms with Gasteiger partial charge in [-0.15, -0.1) is 0 Å². The number of carbonyl (C=O) groups excluding carboxylic acids is 2. The predicted molar refractivity (Wildman–Crippen MR) is 58.2 cm³/mol. The Hall–Kier alpha value is -1.60. The van der Waals surface area contributed by atoms with Crippen LogP contribution in [0.2, 0.25) is 0 Å². The minimum atomic E-state index is -0.947. The van der Waals surface area contributed by atoms with Gasteiger partial charge in [-0.05, 0) is 6.92 Å². The summed E-state index contributed by atoms with van der Waals surface area (Å²) < 4.78 is 9.42. The predicted octanol–water partition coefficient (Wildman–Crippen LogP) is -0.815. The molecule has 0 spiro atoms. The van der Waals surface area contributed by atoms with Crippen LogP contribution in [-0.2, 0) is 14.3 Å². The van der Waals surface area contributed by atoms with E-state index in [4.69, 9.17) is 19.7 Å². The molecule has 0 saturated heterocycles. The Bertz CT molecular complexity index is 278. The Morgan fingerprint density at radius 1 is 1.41 bits per heavy atom. The van der Waals surface area contributed by atoms with Crippen molar-refractivity contribution >= 4 is 12.1 Å². The van der Waals surface area contributed by atoms with Crippen molar-refractivity contribution in [2.24, 2.45) is 0 Å². The molecule has 3 N–H and O–H groups in total. The molecular formula is C10H17NO6. The van der Waals surface area contributed by atoms with Gasteiger partial charge in [0.15, 0.2) is 6.10 Å². The molecule has 0 aliphatic rings. The van der Waals surface area contributed by atoms with Crippen molar-refractivity contribution in [1.29, 1.82) is 0 Å². The highest BCUT2D eigenvalue weighted by atomic mass is 16.6. The Morgan fingerprint density at radius 3 is 2.53 bits per heavy atom. The fourth-order valence-electron chi connectivity index (χ4n) is 0.767. The summed E-state index contributed by atoms with van der Waals surface area (Å²) in [4.78, 5) is 22.1. The largest absolute Gasteiger partial charge is 0.458 e. The normalized spacial score (nSPS) is 11.5. The smallest absolute Gasteiger partial charge is 0.407 e. The van der Waals surface area contributed by atoms with Crippen LogP contribution < -0.4 is 5.32 Å². The molecule has 0 aliphatic carbocycles. The number of aliphatic hydroxyl groups excluding tert-OH is 2. The first-order chi connectivity index (χ1) is 8.01. The molecule has 1 atom stereocenters. The molecule has 1 amide bonds. The van der Waals surface area contributed by atoms with Crippen LogP contribution in [0.4, 0.5) is 4.79 Å². The summed E-state index contributed by atoms with van der Waals surface area (Å²) in [6.07, 6.45) is -1.75. The van der Waals surface area contributed by atoms with Crippen molar-refractivity contribution < 1.29 is 29.3 Å². The van der Waals surface area contributed by atoms with Gasteiger partial charge >= 0.3 is 12.1 Å². The van der Waals surface area contributed by atoms with Gasteiger partial charge in [0.1, 0.15) is 6.61 Å². The van der Waals surface area contributed by atoms with Gasteiger partial charge in [-0.2, -0.15) is 0 Å². The van der Waals surface area contributed by atoms with Crippen molar-refractivity contribution in [3.8, 4) is 0 Å². The van der Waals surface area contributed by atoms with E-state index in [0.29, 0.717) is 0 Å². The lowest BCUT2D eigenvalue weighted by Crippen LogP contribution is -2.35. The number of amides is 1. The third-order valence-electron chi connectivity index (χ3n) is 1.61. The van der Waals surface area contributed by atoms with Crippen LogP contribution in [0.3, 0.4) is 0 Å². The first-order valence-electron chi connectivity index (χ1n) is 5.00. The molecule has 17 heavy (non-hydrogen) atoms. The zero-order valence-electron chi connectivity index (χ0n) is 9.64. The molecule has 0 aromatic carbocycles. The van der Waals surface area contributed by atoms with Crippen LogP contribution in [0.1, 0.15) is 6.92 Å². The van der Waals surface area contributed by atoms with E-state index in [1.54, 1.807) is 0 Å². The molecule has 0 radical (unpaired) electrons. The number of hydrogen-bond donors (Lipinski definition) is 3. The molecule has 0 rings (SSSR count). The van der Waals surface area contributed by atoms with Crippen molar-refractivity contribution in [2.75, 3.05) is 26.4 Å². The molecule has 0 heterocycles. The van der Waals surface area contributed by atoms with Gasteiger partial charge in [0.25, 0.3) is 0 Å².